The number of nitrogens with zero attached hydrogens (tertiary/aromatic N) is 1. The van der Waals surface area contributed by atoms with E-state index in [0.717, 1.165) is 0 Å². The van der Waals surface area contributed by atoms with E-state index >= 15 is 0 Å². The van der Waals surface area contributed by atoms with Crippen LogP contribution in [0.2, 0.25) is 0 Å². The highest BCUT2D eigenvalue weighted by Crippen LogP contribution is 2.27. The van der Waals surface area contributed by atoms with Gasteiger partial charge in [0.25, 0.3) is 5.91 Å². The van der Waals surface area contributed by atoms with E-state index in [1.54, 1.807) is 36.4 Å². The zero-order valence-electron chi connectivity index (χ0n) is 14.8. The number of oxazole rings is 1. The molecular weight excluding hydrogens is 396 g/mol. The van der Waals surface area contributed by atoms with E-state index in [9.17, 15) is 13.6 Å². The Morgan fingerprint density at radius 3 is 2.52 bits per heavy atom. The van der Waals surface area contributed by atoms with Gasteiger partial charge in [-0.2, -0.15) is 0 Å². The predicted molar refractivity (Wildman–Crippen MR) is 109 cm³/mol. The van der Waals surface area contributed by atoms with Crippen LogP contribution < -0.4 is 10.6 Å². The highest BCUT2D eigenvalue weighted by molar-refractivity contribution is 7.80. The Kier molecular flexibility index (Phi) is 5.01. The molecule has 0 atom stereocenters. The average Bonchev–Trinajstić information content (AvgIpc) is 3.11. The average molecular weight is 409 g/mol. The quantitative estimate of drug-likeness (QED) is 0.471. The monoisotopic (exact) mass is 409 g/mol. The van der Waals surface area contributed by atoms with Gasteiger partial charge in [-0.25, -0.2) is 13.8 Å². The number of amides is 1. The molecule has 0 radical (unpaired) electrons. The molecule has 4 aromatic rings. The number of hydrogen-bond acceptors (Lipinski definition) is 4. The Morgan fingerprint density at radius 2 is 1.76 bits per heavy atom. The summed E-state index contributed by atoms with van der Waals surface area (Å²) in [5, 5.41) is 5.46. The van der Waals surface area contributed by atoms with Crippen molar-refractivity contribution in [2.45, 2.75) is 0 Å². The molecule has 2 N–H and O–H groups in total. The summed E-state index contributed by atoms with van der Waals surface area (Å²) >= 11 is 5.15. The van der Waals surface area contributed by atoms with Crippen LogP contribution in [0, 0.1) is 11.6 Å². The first-order valence-corrected chi connectivity index (χ1v) is 8.94. The van der Waals surface area contributed by atoms with E-state index in [-0.39, 0.29) is 22.1 Å². The maximum Gasteiger partial charge on any atom is 0.257 e. The molecular formula is C21H13F2N3O2S. The summed E-state index contributed by atoms with van der Waals surface area (Å²) in [6.07, 6.45) is 0. The molecule has 1 aromatic heterocycles. The summed E-state index contributed by atoms with van der Waals surface area (Å²) in [5.74, 6) is -1.16. The third-order valence-electron chi connectivity index (χ3n) is 4.08. The van der Waals surface area contributed by atoms with Crippen molar-refractivity contribution >= 4 is 40.0 Å². The lowest BCUT2D eigenvalue weighted by molar-refractivity contribution is 0.0977. The van der Waals surface area contributed by atoms with Gasteiger partial charge < -0.3 is 9.73 Å². The van der Waals surface area contributed by atoms with Gasteiger partial charge in [0.05, 0.1) is 5.56 Å². The van der Waals surface area contributed by atoms with Crippen molar-refractivity contribution in [3.63, 3.8) is 0 Å². The number of nitrogens with one attached hydrogen (secondary N) is 2. The Balaban J connectivity index is 1.49. The van der Waals surface area contributed by atoms with Crippen LogP contribution in [-0.2, 0) is 0 Å². The molecule has 0 aliphatic carbocycles. The van der Waals surface area contributed by atoms with E-state index < -0.39 is 17.5 Å². The molecule has 0 aliphatic rings. The fourth-order valence-electron chi connectivity index (χ4n) is 2.69. The number of halogens is 2. The number of carbonyl (C=O) groups is 1. The van der Waals surface area contributed by atoms with Crippen molar-refractivity contribution in [2.24, 2.45) is 0 Å². The van der Waals surface area contributed by atoms with Crippen LogP contribution in [0.4, 0.5) is 14.5 Å². The van der Waals surface area contributed by atoms with Crippen LogP contribution in [0.3, 0.4) is 0 Å². The Bertz CT molecular complexity index is 1220. The van der Waals surface area contributed by atoms with Gasteiger partial charge in [-0.1, -0.05) is 12.1 Å². The van der Waals surface area contributed by atoms with Crippen LogP contribution in [0.5, 0.6) is 0 Å². The standard InChI is InChI=1S/C21H13F2N3O2S/c22-13-7-5-12(6-8-13)19(27)26-21(29)24-14-9-10-18-17(11-14)25-20(28-18)15-3-1-2-4-16(15)23/h1-11H,(H2,24,26,27,29). The number of hydrogen-bond donors (Lipinski definition) is 2. The zero-order valence-corrected chi connectivity index (χ0v) is 15.6. The molecule has 0 bridgehead atoms. The third kappa shape index (κ3) is 4.12. The first kappa shape index (κ1) is 18.7. The van der Waals surface area contributed by atoms with Crippen molar-refractivity contribution in [3.05, 3.63) is 83.9 Å². The molecule has 0 saturated carbocycles. The van der Waals surface area contributed by atoms with Crippen molar-refractivity contribution in [2.75, 3.05) is 5.32 Å². The van der Waals surface area contributed by atoms with Gasteiger partial charge in [0, 0.05) is 11.3 Å². The minimum Gasteiger partial charge on any atom is -0.436 e. The number of benzene rings is 3. The summed E-state index contributed by atoms with van der Waals surface area (Å²) in [7, 11) is 0. The normalized spacial score (nSPS) is 10.7. The van der Waals surface area contributed by atoms with Crippen molar-refractivity contribution < 1.29 is 18.0 Å². The van der Waals surface area contributed by atoms with Crippen molar-refractivity contribution in [1.82, 2.24) is 10.3 Å². The molecule has 8 heteroatoms. The Morgan fingerprint density at radius 1 is 1.00 bits per heavy atom. The molecule has 0 unspecified atom stereocenters. The van der Waals surface area contributed by atoms with Gasteiger partial charge in [-0.05, 0) is 66.8 Å². The van der Waals surface area contributed by atoms with Crippen LogP contribution in [0.15, 0.2) is 71.1 Å². The summed E-state index contributed by atoms with van der Waals surface area (Å²) in [6.45, 7) is 0. The van der Waals surface area contributed by atoms with E-state index in [1.165, 1.54) is 30.3 Å². The number of thiocarbonyl (C=S) groups is 1. The zero-order chi connectivity index (χ0) is 20.4. The molecule has 3 aromatic carbocycles. The summed E-state index contributed by atoms with van der Waals surface area (Å²) in [6, 6.07) is 16.3. The lowest BCUT2D eigenvalue weighted by atomic mass is 10.2. The minimum absolute atomic E-state index is 0.0662. The number of rotatable bonds is 3. The van der Waals surface area contributed by atoms with Crippen LogP contribution in [0.25, 0.3) is 22.6 Å². The fourth-order valence-corrected chi connectivity index (χ4v) is 2.90. The predicted octanol–water partition coefficient (Wildman–Crippen LogP) is 4.90. The smallest absolute Gasteiger partial charge is 0.257 e. The second-order valence-corrected chi connectivity index (χ2v) is 6.50. The third-order valence-corrected chi connectivity index (χ3v) is 4.29. The maximum atomic E-state index is 13.9. The van der Waals surface area contributed by atoms with Crippen LogP contribution >= 0.6 is 12.2 Å². The minimum atomic E-state index is -0.466. The first-order chi connectivity index (χ1) is 14.0. The largest absolute Gasteiger partial charge is 0.436 e. The van der Waals surface area contributed by atoms with Gasteiger partial charge in [0.2, 0.25) is 5.89 Å². The van der Waals surface area contributed by atoms with Crippen molar-refractivity contribution in [1.29, 1.82) is 0 Å². The topological polar surface area (TPSA) is 67.2 Å². The van der Waals surface area contributed by atoms with E-state index in [0.29, 0.717) is 16.8 Å². The Labute approximate surface area is 169 Å². The van der Waals surface area contributed by atoms with Gasteiger partial charge in [0.15, 0.2) is 10.7 Å². The molecule has 1 heterocycles. The Hall–Kier alpha value is -3.65. The SMILES string of the molecule is O=C(NC(=S)Nc1ccc2oc(-c3ccccc3F)nc2c1)c1ccc(F)cc1. The molecule has 0 saturated heterocycles. The molecule has 29 heavy (non-hydrogen) atoms. The van der Waals surface area contributed by atoms with E-state index in [2.05, 4.69) is 15.6 Å². The molecule has 144 valence electrons. The molecule has 0 fully saturated rings. The highest BCUT2D eigenvalue weighted by Gasteiger charge is 2.13. The second kappa shape index (κ2) is 7.76. The number of aromatic nitrogens is 1. The molecule has 0 spiro atoms. The van der Waals surface area contributed by atoms with Crippen LogP contribution in [-0.4, -0.2) is 16.0 Å². The molecule has 4 rings (SSSR count). The maximum absolute atomic E-state index is 13.9. The number of carbonyl (C=O) groups excluding carboxylic acids is 1. The molecule has 0 aliphatic heterocycles. The first-order valence-electron chi connectivity index (χ1n) is 8.53. The second-order valence-electron chi connectivity index (χ2n) is 6.10. The van der Waals surface area contributed by atoms with E-state index in [1.807, 2.05) is 0 Å². The molecule has 5 nitrogen and oxygen atoms in total. The number of anilines is 1. The number of fused-ring (bicyclic) bond motifs is 1. The van der Waals surface area contributed by atoms with Crippen molar-refractivity contribution in [3.8, 4) is 11.5 Å². The molecule has 1 amide bonds. The van der Waals surface area contributed by atoms with Crippen LogP contribution in [0.1, 0.15) is 10.4 Å². The van der Waals surface area contributed by atoms with Gasteiger partial charge in [0.1, 0.15) is 17.2 Å². The van der Waals surface area contributed by atoms with Gasteiger partial charge in [-0.15, -0.1) is 0 Å². The lowest BCUT2D eigenvalue weighted by Gasteiger charge is -2.09. The summed E-state index contributed by atoms with van der Waals surface area (Å²) in [5.41, 5.74) is 2.09. The van der Waals surface area contributed by atoms with Gasteiger partial charge >= 0.3 is 0 Å². The highest BCUT2D eigenvalue weighted by atomic mass is 32.1. The summed E-state index contributed by atoms with van der Waals surface area (Å²) < 4.78 is 32.5. The fraction of sp³-hybridized carbons (Fsp3) is 0. The summed E-state index contributed by atoms with van der Waals surface area (Å²) in [4.78, 5) is 16.5. The van der Waals surface area contributed by atoms with E-state index in [4.69, 9.17) is 16.6 Å². The van der Waals surface area contributed by atoms with Gasteiger partial charge in [-0.3, -0.25) is 10.1 Å². The lowest BCUT2D eigenvalue weighted by Crippen LogP contribution is -2.34.